The number of benzene rings is 1. The average molecular weight is 346 g/mol. The van der Waals surface area contributed by atoms with Gasteiger partial charge in [0.15, 0.2) is 11.6 Å². The maximum absolute atomic E-state index is 13.5. The summed E-state index contributed by atoms with van der Waals surface area (Å²) >= 11 is 0. The van der Waals surface area contributed by atoms with Gasteiger partial charge in [0.05, 0.1) is 6.54 Å². The molecule has 0 radical (unpaired) electrons. The van der Waals surface area contributed by atoms with Crippen LogP contribution < -0.4 is 5.32 Å². The molecule has 0 atom stereocenters. The maximum atomic E-state index is 13.5. The second-order valence-electron chi connectivity index (χ2n) is 4.20. The average Bonchev–Trinajstić information content (AvgIpc) is 2.38. The number of likely N-dealkylation sites (N-methyl/N-ethyl adjacent to an activating group) is 1. The van der Waals surface area contributed by atoms with Crippen molar-refractivity contribution >= 4 is 15.9 Å². The van der Waals surface area contributed by atoms with E-state index in [0.29, 0.717) is 10.4 Å². The van der Waals surface area contributed by atoms with Crippen molar-refractivity contribution in [2.45, 2.75) is 11.1 Å². The quantitative estimate of drug-likeness (QED) is 0.817. The van der Waals surface area contributed by atoms with Crippen LogP contribution >= 0.6 is 0 Å². The Hall–Kier alpha value is -1.75. The lowest BCUT2D eigenvalue weighted by molar-refractivity contribution is -0.138. The number of rotatable bonds is 5. The topological polar surface area (TPSA) is 66.5 Å². The van der Waals surface area contributed by atoms with Crippen molar-refractivity contribution in [3.63, 3.8) is 0 Å². The highest BCUT2D eigenvalue weighted by Crippen LogP contribution is 2.20. The summed E-state index contributed by atoms with van der Waals surface area (Å²) in [6.45, 7) is -2.61. The lowest BCUT2D eigenvalue weighted by Crippen LogP contribution is -2.41. The molecule has 0 bridgehead atoms. The van der Waals surface area contributed by atoms with E-state index >= 15 is 0 Å². The minimum Gasteiger partial charge on any atom is -0.346 e. The molecule has 1 N–H and O–H groups in total. The number of sulfonamides is 1. The molecule has 0 heterocycles. The number of carbonyl (C=O) groups excluding carboxylic acids is 1. The molecule has 5 nitrogen and oxygen atoms in total. The SMILES string of the molecule is CN(CC(=O)NCC(F)(F)F)S(=O)(=O)c1cccc(F)c1F. The minimum absolute atomic E-state index is 0.316. The third kappa shape index (κ3) is 4.63. The summed E-state index contributed by atoms with van der Waals surface area (Å²) in [5, 5.41) is 1.47. The molecule has 0 aliphatic heterocycles. The van der Waals surface area contributed by atoms with E-state index in [4.69, 9.17) is 0 Å². The predicted molar refractivity (Wildman–Crippen MR) is 65.2 cm³/mol. The Balaban J connectivity index is 2.86. The van der Waals surface area contributed by atoms with Crippen LogP contribution in [0.5, 0.6) is 0 Å². The number of hydrogen-bond donors (Lipinski definition) is 1. The van der Waals surface area contributed by atoms with Gasteiger partial charge in [0.1, 0.15) is 11.4 Å². The number of hydrogen-bond acceptors (Lipinski definition) is 3. The standard InChI is InChI=1S/C11H11F5N2O3S/c1-18(5-9(19)17-6-11(14,15)16)22(20,21)8-4-2-3-7(12)10(8)13/h2-4H,5-6H2,1H3,(H,17,19). The van der Waals surface area contributed by atoms with Crippen LogP contribution in [0, 0.1) is 11.6 Å². The largest absolute Gasteiger partial charge is 0.405 e. The summed E-state index contributed by atoms with van der Waals surface area (Å²) < 4.78 is 86.5. The smallest absolute Gasteiger partial charge is 0.346 e. The third-order valence-corrected chi connectivity index (χ3v) is 4.28. The van der Waals surface area contributed by atoms with Crippen LogP contribution in [-0.2, 0) is 14.8 Å². The van der Waals surface area contributed by atoms with Crippen molar-refractivity contribution in [3.05, 3.63) is 29.8 Å². The first-order valence-electron chi connectivity index (χ1n) is 5.69. The summed E-state index contributed by atoms with van der Waals surface area (Å²) in [4.78, 5) is 10.2. The van der Waals surface area contributed by atoms with Gasteiger partial charge in [-0.1, -0.05) is 6.07 Å². The molecule has 124 valence electrons. The second-order valence-corrected chi connectivity index (χ2v) is 6.22. The number of amides is 1. The molecule has 22 heavy (non-hydrogen) atoms. The van der Waals surface area contributed by atoms with Gasteiger partial charge in [-0.3, -0.25) is 4.79 Å². The second kappa shape index (κ2) is 6.57. The van der Waals surface area contributed by atoms with Crippen molar-refractivity contribution in [2.24, 2.45) is 0 Å². The molecule has 0 aliphatic carbocycles. The number of alkyl halides is 3. The highest BCUT2D eigenvalue weighted by atomic mass is 32.2. The number of nitrogens with one attached hydrogen (secondary N) is 1. The van der Waals surface area contributed by atoms with E-state index in [9.17, 15) is 35.2 Å². The lowest BCUT2D eigenvalue weighted by atomic mass is 10.3. The first-order valence-corrected chi connectivity index (χ1v) is 7.13. The normalized spacial score (nSPS) is 12.5. The summed E-state index contributed by atoms with van der Waals surface area (Å²) in [5.41, 5.74) is 0. The molecule has 1 aromatic rings. The fraction of sp³-hybridized carbons (Fsp3) is 0.364. The predicted octanol–water partition coefficient (Wildman–Crippen LogP) is 1.26. The Labute approximate surface area is 122 Å². The van der Waals surface area contributed by atoms with Gasteiger partial charge in [0.25, 0.3) is 0 Å². The summed E-state index contributed by atoms with van der Waals surface area (Å²) in [5.74, 6) is -4.28. The monoisotopic (exact) mass is 346 g/mol. The Morgan fingerprint density at radius 3 is 2.41 bits per heavy atom. The molecule has 11 heteroatoms. The fourth-order valence-electron chi connectivity index (χ4n) is 1.39. The lowest BCUT2D eigenvalue weighted by Gasteiger charge is -2.17. The van der Waals surface area contributed by atoms with Crippen molar-refractivity contribution in [1.82, 2.24) is 9.62 Å². The Kier molecular flexibility index (Phi) is 5.46. The summed E-state index contributed by atoms with van der Waals surface area (Å²) in [7, 11) is -3.71. The van der Waals surface area contributed by atoms with Gasteiger partial charge in [0, 0.05) is 7.05 Å². The zero-order valence-electron chi connectivity index (χ0n) is 11.1. The third-order valence-electron chi connectivity index (χ3n) is 2.46. The number of carbonyl (C=O) groups is 1. The summed E-state index contributed by atoms with van der Waals surface area (Å²) in [6.07, 6.45) is -4.65. The molecule has 0 saturated heterocycles. The van der Waals surface area contributed by atoms with E-state index in [1.807, 2.05) is 0 Å². The maximum Gasteiger partial charge on any atom is 0.405 e. The first-order chi connectivity index (χ1) is 9.95. The van der Waals surface area contributed by atoms with E-state index in [2.05, 4.69) is 0 Å². The van der Waals surface area contributed by atoms with Crippen molar-refractivity contribution in [3.8, 4) is 0 Å². The minimum atomic E-state index is -4.65. The van der Waals surface area contributed by atoms with Crippen LogP contribution in [0.4, 0.5) is 22.0 Å². The van der Waals surface area contributed by atoms with Crippen LogP contribution in [0.2, 0.25) is 0 Å². The van der Waals surface area contributed by atoms with Gasteiger partial charge in [-0.25, -0.2) is 17.2 Å². The van der Waals surface area contributed by atoms with Crippen molar-refractivity contribution < 1.29 is 35.2 Å². The molecule has 0 saturated carbocycles. The molecule has 1 amide bonds. The zero-order valence-corrected chi connectivity index (χ0v) is 11.9. The first kappa shape index (κ1) is 18.3. The molecule has 1 aromatic carbocycles. The fourth-order valence-corrected chi connectivity index (χ4v) is 2.59. The van der Waals surface area contributed by atoms with Gasteiger partial charge in [-0.2, -0.15) is 17.5 Å². The van der Waals surface area contributed by atoms with Crippen LogP contribution in [0.1, 0.15) is 0 Å². The molecule has 0 unspecified atom stereocenters. The molecule has 0 aromatic heterocycles. The van der Waals surface area contributed by atoms with Gasteiger partial charge >= 0.3 is 6.18 Å². The van der Waals surface area contributed by atoms with Gasteiger partial charge in [0.2, 0.25) is 15.9 Å². The molecule has 0 fully saturated rings. The van der Waals surface area contributed by atoms with E-state index in [1.54, 1.807) is 0 Å². The highest BCUT2D eigenvalue weighted by molar-refractivity contribution is 7.89. The van der Waals surface area contributed by atoms with Crippen molar-refractivity contribution in [1.29, 1.82) is 0 Å². The van der Waals surface area contributed by atoms with Gasteiger partial charge in [-0.15, -0.1) is 0 Å². The van der Waals surface area contributed by atoms with E-state index < -0.39 is 51.7 Å². The van der Waals surface area contributed by atoms with Crippen molar-refractivity contribution in [2.75, 3.05) is 20.1 Å². The van der Waals surface area contributed by atoms with E-state index in [-0.39, 0.29) is 0 Å². The van der Waals surface area contributed by atoms with E-state index in [0.717, 1.165) is 19.2 Å². The Morgan fingerprint density at radius 1 is 1.27 bits per heavy atom. The Bertz CT molecular complexity index is 660. The number of nitrogens with zero attached hydrogens (tertiary/aromatic N) is 1. The molecule has 0 spiro atoms. The van der Waals surface area contributed by atoms with Crippen LogP contribution in [0.15, 0.2) is 23.1 Å². The van der Waals surface area contributed by atoms with Gasteiger partial charge in [-0.05, 0) is 12.1 Å². The molecule has 0 aliphatic rings. The zero-order chi connectivity index (χ0) is 17.1. The van der Waals surface area contributed by atoms with Crippen LogP contribution in [0.25, 0.3) is 0 Å². The highest BCUT2D eigenvalue weighted by Gasteiger charge is 2.30. The van der Waals surface area contributed by atoms with Crippen LogP contribution in [0.3, 0.4) is 0 Å². The van der Waals surface area contributed by atoms with Crippen LogP contribution in [-0.4, -0.2) is 44.9 Å². The number of halogens is 5. The summed E-state index contributed by atoms with van der Waals surface area (Å²) in [6, 6.07) is 2.42. The van der Waals surface area contributed by atoms with Gasteiger partial charge < -0.3 is 5.32 Å². The Morgan fingerprint density at radius 2 is 1.86 bits per heavy atom. The molecular weight excluding hydrogens is 335 g/mol. The molecule has 1 rings (SSSR count). The molecular formula is C11H11F5N2O3S. The van der Waals surface area contributed by atoms with E-state index in [1.165, 1.54) is 5.32 Å².